The third kappa shape index (κ3) is 3.58. The summed E-state index contributed by atoms with van der Waals surface area (Å²) >= 11 is 9.28. The Hall–Kier alpha value is -1.33. The summed E-state index contributed by atoms with van der Waals surface area (Å²) in [6.07, 6.45) is 3.63. The quantitative estimate of drug-likeness (QED) is 0.859. The molecule has 1 heterocycles. The fourth-order valence-electron chi connectivity index (χ4n) is 1.80. The van der Waals surface area contributed by atoms with Crippen LogP contribution in [0.5, 0.6) is 0 Å². The van der Waals surface area contributed by atoms with Crippen LogP contribution in [0, 0.1) is 0 Å². The summed E-state index contributed by atoms with van der Waals surface area (Å²) in [5, 5.41) is 4.61. The summed E-state index contributed by atoms with van der Waals surface area (Å²) in [4.78, 5) is 13.9. The third-order valence-electron chi connectivity index (χ3n) is 2.63. The highest BCUT2D eigenvalue weighted by Gasteiger charge is 2.14. The lowest BCUT2D eigenvalue weighted by molar-refractivity contribution is 0.0785. The molecule has 2 rings (SSSR count). The topological polar surface area (TPSA) is 38.1 Å². The third-order valence-corrected chi connectivity index (χ3v) is 3.31. The first kappa shape index (κ1) is 14.1. The summed E-state index contributed by atoms with van der Waals surface area (Å²) in [7, 11) is 3.60. The van der Waals surface area contributed by atoms with Crippen LogP contribution in [0.3, 0.4) is 0 Å². The minimum atomic E-state index is -0.0768. The van der Waals surface area contributed by atoms with E-state index in [1.54, 1.807) is 41.0 Å². The molecular formula is C13H13BrClN3O. The molecule has 1 amide bonds. The molecule has 0 fully saturated rings. The van der Waals surface area contributed by atoms with Crippen molar-refractivity contribution in [3.63, 3.8) is 0 Å². The Morgan fingerprint density at radius 1 is 1.47 bits per heavy atom. The Morgan fingerprint density at radius 3 is 2.79 bits per heavy atom. The van der Waals surface area contributed by atoms with E-state index in [-0.39, 0.29) is 5.91 Å². The first-order valence-electron chi connectivity index (χ1n) is 5.65. The predicted octanol–water partition coefficient (Wildman–Crippen LogP) is 3.11. The molecule has 0 atom stereocenters. The largest absolute Gasteiger partial charge is 0.337 e. The maximum Gasteiger partial charge on any atom is 0.253 e. The zero-order valence-electron chi connectivity index (χ0n) is 10.6. The molecule has 0 spiro atoms. The molecule has 0 saturated heterocycles. The van der Waals surface area contributed by atoms with Gasteiger partial charge in [0.05, 0.1) is 6.20 Å². The Morgan fingerprint density at radius 2 is 2.21 bits per heavy atom. The van der Waals surface area contributed by atoms with E-state index >= 15 is 0 Å². The summed E-state index contributed by atoms with van der Waals surface area (Å²) in [6, 6.07) is 5.17. The van der Waals surface area contributed by atoms with Crippen molar-refractivity contribution in [3.05, 3.63) is 51.2 Å². The highest BCUT2D eigenvalue weighted by Crippen LogP contribution is 2.20. The lowest BCUT2D eigenvalue weighted by Crippen LogP contribution is -2.26. The predicted molar refractivity (Wildman–Crippen MR) is 78.2 cm³/mol. The molecule has 0 unspecified atom stereocenters. The van der Waals surface area contributed by atoms with Gasteiger partial charge in [0.2, 0.25) is 0 Å². The monoisotopic (exact) mass is 341 g/mol. The second-order valence-electron chi connectivity index (χ2n) is 4.34. The van der Waals surface area contributed by atoms with Gasteiger partial charge in [-0.3, -0.25) is 9.48 Å². The van der Waals surface area contributed by atoms with Crippen LogP contribution in [-0.4, -0.2) is 27.6 Å². The molecule has 0 aliphatic carbocycles. The summed E-state index contributed by atoms with van der Waals surface area (Å²) in [5.74, 6) is -0.0768. The molecule has 19 heavy (non-hydrogen) atoms. The molecule has 0 N–H and O–H groups in total. The maximum absolute atomic E-state index is 12.3. The average Bonchev–Trinajstić information content (AvgIpc) is 2.72. The van der Waals surface area contributed by atoms with Crippen LogP contribution in [0.15, 0.2) is 35.1 Å². The number of hydrogen-bond donors (Lipinski definition) is 0. The standard InChI is InChI=1S/C13H13BrClN3O/c1-17(7-9-6-16-18(2)8-9)13(19)10-3-11(14)5-12(15)4-10/h3-6,8H,7H2,1-2H3. The van der Waals surface area contributed by atoms with E-state index in [1.165, 1.54) is 0 Å². The van der Waals surface area contributed by atoms with E-state index in [0.717, 1.165) is 10.0 Å². The molecule has 4 nitrogen and oxygen atoms in total. The Bertz CT molecular complexity index is 591. The van der Waals surface area contributed by atoms with Gasteiger partial charge in [0, 0.05) is 47.5 Å². The number of aromatic nitrogens is 2. The normalized spacial score (nSPS) is 10.5. The van der Waals surface area contributed by atoms with Gasteiger partial charge in [0.15, 0.2) is 0 Å². The highest BCUT2D eigenvalue weighted by atomic mass is 79.9. The first-order chi connectivity index (χ1) is 8.95. The molecule has 2 aromatic rings. The second kappa shape index (κ2) is 5.75. The number of amides is 1. The molecule has 0 bridgehead atoms. The number of rotatable bonds is 3. The lowest BCUT2D eigenvalue weighted by atomic mass is 10.2. The summed E-state index contributed by atoms with van der Waals surface area (Å²) < 4.78 is 2.50. The second-order valence-corrected chi connectivity index (χ2v) is 5.69. The maximum atomic E-state index is 12.3. The van der Waals surface area contributed by atoms with Gasteiger partial charge in [-0.25, -0.2) is 0 Å². The van der Waals surface area contributed by atoms with Crippen molar-refractivity contribution in [1.82, 2.24) is 14.7 Å². The van der Waals surface area contributed by atoms with Crippen molar-refractivity contribution in [1.29, 1.82) is 0 Å². The van der Waals surface area contributed by atoms with Gasteiger partial charge in [0.1, 0.15) is 0 Å². The van der Waals surface area contributed by atoms with E-state index in [9.17, 15) is 4.79 Å². The number of aryl methyl sites for hydroxylation is 1. The van der Waals surface area contributed by atoms with Crippen molar-refractivity contribution in [2.45, 2.75) is 6.54 Å². The molecule has 0 radical (unpaired) electrons. The molecule has 0 aliphatic heterocycles. The number of halogens is 2. The first-order valence-corrected chi connectivity index (χ1v) is 6.82. The van der Waals surface area contributed by atoms with E-state index in [2.05, 4.69) is 21.0 Å². The smallest absolute Gasteiger partial charge is 0.253 e. The van der Waals surface area contributed by atoms with Crippen molar-refractivity contribution in [2.75, 3.05) is 7.05 Å². The molecule has 0 aliphatic rings. The average molecular weight is 343 g/mol. The van der Waals surface area contributed by atoms with E-state index in [0.29, 0.717) is 17.1 Å². The Balaban J connectivity index is 2.14. The zero-order chi connectivity index (χ0) is 14.0. The van der Waals surface area contributed by atoms with Crippen molar-refractivity contribution in [3.8, 4) is 0 Å². The van der Waals surface area contributed by atoms with Crippen molar-refractivity contribution >= 4 is 33.4 Å². The molecule has 1 aromatic carbocycles. The Labute approximate surface area is 125 Å². The molecular weight excluding hydrogens is 330 g/mol. The van der Waals surface area contributed by atoms with Crippen LogP contribution in [0.2, 0.25) is 5.02 Å². The van der Waals surface area contributed by atoms with E-state index < -0.39 is 0 Å². The van der Waals surface area contributed by atoms with Gasteiger partial charge in [-0.15, -0.1) is 0 Å². The Kier molecular flexibility index (Phi) is 4.27. The van der Waals surface area contributed by atoms with Crippen LogP contribution in [0.25, 0.3) is 0 Å². The highest BCUT2D eigenvalue weighted by molar-refractivity contribution is 9.10. The van der Waals surface area contributed by atoms with E-state index in [4.69, 9.17) is 11.6 Å². The fourth-order valence-corrected chi connectivity index (χ4v) is 2.66. The van der Waals surface area contributed by atoms with Crippen LogP contribution >= 0.6 is 27.5 Å². The number of hydrogen-bond acceptors (Lipinski definition) is 2. The summed E-state index contributed by atoms with van der Waals surface area (Å²) in [5.41, 5.74) is 1.55. The lowest BCUT2D eigenvalue weighted by Gasteiger charge is -2.16. The van der Waals surface area contributed by atoms with Gasteiger partial charge in [-0.1, -0.05) is 27.5 Å². The minimum Gasteiger partial charge on any atom is -0.337 e. The molecule has 0 saturated carbocycles. The zero-order valence-corrected chi connectivity index (χ0v) is 12.9. The molecule has 1 aromatic heterocycles. The van der Waals surface area contributed by atoms with E-state index in [1.807, 2.05) is 13.2 Å². The number of benzene rings is 1. The number of carbonyl (C=O) groups is 1. The minimum absolute atomic E-state index is 0.0768. The van der Waals surface area contributed by atoms with Crippen LogP contribution in [-0.2, 0) is 13.6 Å². The summed E-state index contributed by atoms with van der Waals surface area (Å²) in [6.45, 7) is 0.511. The van der Waals surface area contributed by atoms with Gasteiger partial charge < -0.3 is 4.90 Å². The van der Waals surface area contributed by atoms with Crippen molar-refractivity contribution in [2.24, 2.45) is 7.05 Å². The van der Waals surface area contributed by atoms with Crippen molar-refractivity contribution < 1.29 is 4.79 Å². The van der Waals surface area contributed by atoms with Gasteiger partial charge in [-0.2, -0.15) is 5.10 Å². The van der Waals surface area contributed by atoms with Crippen LogP contribution in [0.1, 0.15) is 15.9 Å². The van der Waals surface area contributed by atoms with Gasteiger partial charge >= 0.3 is 0 Å². The van der Waals surface area contributed by atoms with Crippen LogP contribution < -0.4 is 0 Å². The van der Waals surface area contributed by atoms with Gasteiger partial charge in [-0.05, 0) is 18.2 Å². The molecule has 100 valence electrons. The number of carbonyl (C=O) groups excluding carboxylic acids is 1. The SMILES string of the molecule is CN(Cc1cnn(C)c1)C(=O)c1cc(Cl)cc(Br)c1. The van der Waals surface area contributed by atoms with Crippen LogP contribution in [0.4, 0.5) is 0 Å². The number of nitrogens with zero attached hydrogens (tertiary/aromatic N) is 3. The molecule has 6 heteroatoms. The van der Waals surface area contributed by atoms with Gasteiger partial charge in [0.25, 0.3) is 5.91 Å². The fraction of sp³-hybridized carbons (Fsp3) is 0.231.